The molecule has 1 N–H and O–H groups in total. The third-order valence-corrected chi connectivity index (χ3v) is 3.67. The van der Waals surface area contributed by atoms with Crippen molar-refractivity contribution in [2.24, 2.45) is 11.8 Å². The van der Waals surface area contributed by atoms with Crippen LogP contribution in [-0.4, -0.2) is 41.4 Å². The maximum Gasteiger partial charge on any atom is 0.347 e. The molecule has 1 aliphatic heterocycles. The van der Waals surface area contributed by atoms with Crippen LogP contribution < -0.4 is 0 Å². The number of carboxylic acids is 1. The molecule has 3 atom stereocenters. The summed E-state index contributed by atoms with van der Waals surface area (Å²) < 4.78 is 14.7. The van der Waals surface area contributed by atoms with Gasteiger partial charge in [-0.25, -0.2) is 9.59 Å². The van der Waals surface area contributed by atoms with Crippen molar-refractivity contribution in [3.05, 3.63) is 12.2 Å². The van der Waals surface area contributed by atoms with Crippen LogP contribution in [0.1, 0.15) is 26.2 Å². The van der Waals surface area contributed by atoms with E-state index in [2.05, 4.69) is 11.3 Å². The van der Waals surface area contributed by atoms with Gasteiger partial charge in [0.1, 0.15) is 5.92 Å². The van der Waals surface area contributed by atoms with Gasteiger partial charge in [-0.05, 0) is 19.3 Å². The highest BCUT2D eigenvalue weighted by molar-refractivity contribution is 5.88. The zero-order valence-corrected chi connectivity index (χ0v) is 12.0. The number of hydrogen-bond donors (Lipinski definition) is 1. The van der Waals surface area contributed by atoms with Crippen LogP contribution in [0.25, 0.3) is 0 Å². The minimum Gasteiger partial charge on any atom is -0.481 e. The molecule has 22 heavy (non-hydrogen) atoms. The lowest BCUT2D eigenvalue weighted by molar-refractivity contribution is -0.249. The van der Waals surface area contributed by atoms with Gasteiger partial charge in [0.05, 0.1) is 0 Å². The molecule has 0 aromatic heterocycles. The topological polar surface area (TPSA) is 116 Å². The fourth-order valence-electron chi connectivity index (χ4n) is 2.77. The highest BCUT2D eigenvalue weighted by atomic mass is 16.7. The SMILES string of the molecule is C=C(C)C(=O)OCC(=O)OC12CC(CC(=O)O1)CC2C(=O)O. The van der Waals surface area contributed by atoms with Crippen molar-refractivity contribution in [3.63, 3.8) is 0 Å². The van der Waals surface area contributed by atoms with Crippen LogP contribution in [-0.2, 0) is 33.4 Å². The maximum absolute atomic E-state index is 11.8. The molecule has 8 nitrogen and oxygen atoms in total. The van der Waals surface area contributed by atoms with Gasteiger partial charge in [0.25, 0.3) is 5.79 Å². The molecule has 1 saturated carbocycles. The first-order chi connectivity index (χ1) is 10.2. The lowest BCUT2D eigenvalue weighted by Gasteiger charge is -2.34. The Kier molecular flexibility index (Phi) is 4.20. The molecule has 2 fully saturated rings. The van der Waals surface area contributed by atoms with Crippen LogP contribution >= 0.6 is 0 Å². The quantitative estimate of drug-likeness (QED) is 0.573. The van der Waals surface area contributed by atoms with E-state index in [1.165, 1.54) is 6.92 Å². The van der Waals surface area contributed by atoms with E-state index < -0.39 is 42.2 Å². The molecule has 0 radical (unpaired) electrons. The summed E-state index contributed by atoms with van der Waals surface area (Å²) in [7, 11) is 0. The van der Waals surface area contributed by atoms with Gasteiger partial charge in [-0.3, -0.25) is 9.59 Å². The van der Waals surface area contributed by atoms with E-state index in [4.69, 9.17) is 9.47 Å². The van der Waals surface area contributed by atoms with Crippen LogP contribution in [0, 0.1) is 11.8 Å². The lowest BCUT2D eigenvalue weighted by Crippen LogP contribution is -2.48. The van der Waals surface area contributed by atoms with Crippen LogP contribution in [0.15, 0.2) is 12.2 Å². The Hall–Kier alpha value is -2.38. The van der Waals surface area contributed by atoms with Gasteiger partial charge < -0.3 is 19.3 Å². The van der Waals surface area contributed by atoms with Crippen molar-refractivity contribution in [2.45, 2.75) is 32.0 Å². The molecule has 0 aromatic carbocycles. The van der Waals surface area contributed by atoms with Gasteiger partial charge in [0.15, 0.2) is 6.61 Å². The monoisotopic (exact) mass is 312 g/mol. The summed E-state index contributed by atoms with van der Waals surface area (Å²) in [5.74, 6) is -6.68. The highest BCUT2D eigenvalue weighted by Gasteiger charge is 2.60. The predicted octanol–water partition coefficient (Wildman–Crippen LogP) is 0.403. The molecule has 1 aliphatic carbocycles. The fraction of sp³-hybridized carbons (Fsp3) is 0.571. The van der Waals surface area contributed by atoms with Crippen molar-refractivity contribution in [1.29, 1.82) is 0 Å². The van der Waals surface area contributed by atoms with E-state index in [-0.39, 0.29) is 30.8 Å². The summed E-state index contributed by atoms with van der Waals surface area (Å²) >= 11 is 0. The zero-order chi connectivity index (χ0) is 16.5. The third-order valence-electron chi connectivity index (χ3n) is 3.67. The molecule has 2 rings (SSSR count). The number of ether oxygens (including phenoxy) is 3. The molecular weight excluding hydrogens is 296 g/mol. The summed E-state index contributed by atoms with van der Waals surface area (Å²) in [6, 6.07) is 0. The Morgan fingerprint density at radius 1 is 1.45 bits per heavy atom. The van der Waals surface area contributed by atoms with Gasteiger partial charge in [-0.15, -0.1) is 0 Å². The molecule has 2 bridgehead atoms. The predicted molar refractivity (Wildman–Crippen MR) is 69.2 cm³/mol. The Morgan fingerprint density at radius 2 is 2.14 bits per heavy atom. The summed E-state index contributed by atoms with van der Waals surface area (Å²) in [6.45, 7) is 4.06. The van der Waals surface area contributed by atoms with E-state index in [9.17, 15) is 24.3 Å². The number of carbonyl (C=O) groups excluding carboxylic acids is 3. The molecule has 1 heterocycles. The number of fused-ring (bicyclic) bond motifs is 2. The second-order valence-electron chi connectivity index (χ2n) is 5.52. The van der Waals surface area contributed by atoms with Crippen molar-refractivity contribution in [3.8, 4) is 0 Å². The van der Waals surface area contributed by atoms with Gasteiger partial charge in [-0.1, -0.05) is 6.58 Å². The molecule has 8 heteroatoms. The number of carbonyl (C=O) groups is 4. The number of rotatable bonds is 5. The molecule has 0 aromatic rings. The average Bonchev–Trinajstić information content (AvgIpc) is 2.66. The highest BCUT2D eigenvalue weighted by Crippen LogP contribution is 2.48. The van der Waals surface area contributed by atoms with Gasteiger partial charge in [0.2, 0.25) is 0 Å². The molecular formula is C14H16O8. The van der Waals surface area contributed by atoms with E-state index in [1.807, 2.05) is 0 Å². The van der Waals surface area contributed by atoms with E-state index in [0.29, 0.717) is 0 Å². The second-order valence-corrected chi connectivity index (χ2v) is 5.52. The van der Waals surface area contributed by atoms with Crippen LogP contribution in [0.2, 0.25) is 0 Å². The first kappa shape index (κ1) is 16.0. The first-order valence-electron chi connectivity index (χ1n) is 6.72. The third kappa shape index (κ3) is 3.10. The fourth-order valence-corrected chi connectivity index (χ4v) is 2.77. The van der Waals surface area contributed by atoms with Crippen molar-refractivity contribution < 1.29 is 38.5 Å². The molecule has 0 spiro atoms. The molecule has 0 amide bonds. The summed E-state index contributed by atoms with van der Waals surface area (Å²) in [6.07, 6.45) is 0.434. The lowest BCUT2D eigenvalue weighted by atomic mass is 10.0. The Labute approximate surface area is 126 Å². The van der Waals surface area contributed by atoms with Crippen molar-refractivity contribution >= 4 is 23.9 Å². The Morgan fingerprint density at radius 3 is 2.73 bits per heavy atom. The smallest absolute Gasteiger partial charge is 0.347 e. The van der Waals surface area contributed by atoms with E-state index in [0.717, 1.165) is 0 Å². The van der Waals surface area contributed by atoms with Crippen molar-refractivity contribution in [2.75, 3.05) is 6.61 Å². The number of carboxylic acid groups (broad SMARTS) is 1. The normalized spacial score (nSPS) is 29.4. The van der Waals surface area contributed by atoms with Gasteiger partial charge in [0, 0.05) is 18.4 Å². The average molecular weight is 312 g/mol. The van der Waals surface area contributed by atoms with E-state index in [1.54, 1.807) is 0 Å². The number of hydrogen-bond acceptors (Lipinski definition) is 7. The van der Waals surface area contributed by atoms with Gasteiger partial charge in [-0.2, -0.15) is 0 Å². The number of esters is 3. The first-order valence-corrected chi connectivity index (χ1v) is 6.72. The van der Waals surface area contributed by atoms with Crippen LogP contribution in [0.5, 0.6) is 0 Å². The summed E-state index contributed by atoms with van der Waals surface area (Å²) in [5, 5.41) is 9.24. The minimum atomic E-state index is -1.81. The molecule has 1 saturated heterocycles. The van der Waals surface area contributed by atoms with E-state index >= 15 is 0 Å². The standard InChI is InChI=1S/C14H16O8/c1-7(2)13(19)20-6-11(16)22-14-5-8(4-10(15)21-14)3-9(14)12(17)18/h8-9H,1,3-6H2,2H3,(H,17,18). The van der Waals surface area contributed by atoms with Gasteiger partial charge >= 0.3 is 23.9 Å². The van der Waals surface area contributed by atoms with Crippen LogP contribution in [0.4, 0.5) is 0 Å². The summed E-state index contributed by atoms with van der Waals surface area (Å²) in [5.41, 5.74) is 0.111. The minimum absolute atomic E-state index is 0.105. The Bertz CT molecular complexity index is 551. The van der Waals surface area contributed by atoms with Crippen LogP contribution in [0.3, 0.4) is 0 Å². The molecule has 3 unspecified atom stereocenters. The summed E-state index contributed by atoms with van der Waals surface area (Å²) in [4.78, 5) is 45.8. The molecule has 120 valence electrons. The second kappa shape index (κ2) is 5.78. The van der Waals surface area contributed by atoms with Crippen molar-refractivity contribution in [1.82, 2.24) is 0 Å². The Balaban J connectivity index is 2.06. The zero-order valence-electron chi connectivity index (χ0n) is 12.0. The maximum atomic E-state index is 11.8. The largest absolute Gasteiger partial charge is 0.481 e. The number of aliphatic carboxylic acids is 1. The molecule has 2 aliphatic rings.